The van der Waals surface area contributed by atoms with Gasteiger partial charge in [0, 0.05) is 34.6 Å². The number of thiazole rings is 1. The molecule has 1 saturated heterocycles. The smallest absolute Gasteiger partial charge is 0.243 e. The van der Waals surface area contributed by atoms with Gasteiger partial charge in [-0.25, -0.2) is 13.4 Å². The molecule has 0 unspecified atom stereocenters. The van der Waals surface area contributed by atoms with E-state index >= 15 is 0 Å². The van der Waals surface area contributed by atoms with Crippen LogP contribution in [0.1, 0.15) is 5.56 Å². The fraction of sp³-hybridized carbons (Fsp3) is 0.200. The van der Waals surface area contributed by atoms with Crippen LogP contribution in [0.4, 0.5) is 5.13 Å². The van der Waals surface area contributed by atoms with E-state index in [0.29, 0.717) is 41.5 Å². The summed E-state index contributed by atoms with van der Waals surface area (Å²) in [6, 6.07) is 11.9. The molecule has 1 fully saturated rings. The van der Waals surface area contributed by atoms with Gasteiger partial charge in [0.1, 0.15) is 0 Å². The van der Waals surface area contributed by atoms with E-state index in [9.17, 15) is 8.42 Å². The molecular weight excluding hydrogens is 479 g/mol. The van der Waals surface area contributed by atoms with Gasteiger partial charge in [0.25, 0.3) is 0 Å². The second-order valence-corrected chi connectivity index (χ2v) is 10.3. The summed E-state index contributed by atoms with van der Waals surface area (Å²) in [4.78, 5) is 4.75. The lowest BCUT2D eigenvalue weighted by Gasteiger charge is -2.26. The van der Waals surface area contributed by atoms with Crippen molar-refractivity contribution in [3.63, 3.8) is 0 Å². The van der Waals surface area contributed by atoms with Crippen molar-refractivity contribution < 1.29 is 13.2 Å². The van der Waals surface area contributed by atoms with Gasteiger partial charge < -0.3 is 4.74 Å². The first-order valence-corrected chi connectivity index (χ1v) is 12.4. The Hall–Kier alpha value is -2.01. The van der Waals surface area contributed by atoms with E-state index in [4.69, 9.17) is 27.9 Å². The van der Waals surface area contributed by atoms with Crippen LogP contribution < -0.4 is 5.43 Å². The first-order valence-electron chi connectivity index (χ1n) is 9.31. The van der Waals surface area contributed by atoms with Crippen LogP contribution in [0.2, 0.25) is 10.0 Å². The fourth-order valence-corrected chi connectivity index (χ4v) is 5.49. The van der Waals surface area contributed by atoms with Crippen molar-refractivity contribution in [1.82, 2.24) is 9.29 Å². The normalized spacial score (nSPS) is 15.4. The summed E-state index contributed by atoms with van der Waals surface area (Å²) in [5, 5.41) is 7.69. The lowest BCUT2D eigenvalue weighted by molar-refractivity contribution is 0.0730. The molecule has 3 aromatic rings. The fourth-order valence-electron chi connectivity index (χ4n) is 2.95. The Labute approximate surface area is 194 Å². The predicted molar refractivity (Wildman–Crippen MR) is 125 cm³/mol. The highest BCUT2D eigenvalue weighted by atomic mass is 35.5. The van der Waals surface area contributed by atoms with Gasteiger partial charge in [0.05, 0.1) is 35.0 Å². The molecule has 0 aliphatic carbocycles. The summed E-state index contributed by atoms with van der Waals surface area (Å²) in [7, 11) is -3.52. The minimum atomic E-state index is -3.52. The van der Waals surface area contributed by atoms with Gasteiger partial charge in [-0.15, -0.1) is 11.3 Å². The van der Waals surface area contributed by atoms with Crippen molar-refractivity contribution in [2.24, 2.45) is 5.10 Å². The average Bonchev–Trinajstić information content (AvgIpc) is 3.25. The molecule has 2 aromatic carbocycles. The number of nitrogens with one attached hydrogen (secondary N) is 1. The van der Waals surface area contributed by atoms with Gasteiger partial charge in [-0.3, -0.25) is 5.43 Å². The Morgan fingerprint density at radius 3 is 2.58 bits per heavy atom. The Kier molecular flexibility index (Phi) is 6.90. The summed E-state index contributed by atoms with van der Waals surface area (Å²) in [6.45, 7) is 1.57. The molecule has 11 heteroatoms. The highest BCUT2D eigenvalue weighted by Crippen LogP contribution is 2.27. The van der Waals surface area contributed by atoms with Crippen LogP contribution in [0.15, 0.2) is 57.8 Å². The van der Waals surface area contributed by atoms with Crippen molar-refractivity contribution >= 4 is 55.9 Å². The third-order valence-electron chi connectivity index (χ3n) is 4.59. The zero-order valence-corrected chi connectivity index (χ0v) is 19.3. The van der Waals surface area contributed by atoms with E-state index < -0.39 is 10.0 Å². The van der Waals surface area contributed by atoms with E-state index in [0.717, 1.165) is 16.8 Å². The van der Waals surface area contributed by atoms with Gasteiger partial charge >= 0.3 is 0 Å². The largest absolute Gasteiger partial charge is 0.379 e. The third-order valence-corrected chi connectivity index (χ3v) is 7.81. The summed E-state index contributed by atoms with van der Waals surface area (Å²) in [5.41, 5.74) is 5.14. The molecule has 1 N–H and O–H groups in total. The number of nitrogens with zero attached hydrogens (tertiary/aromatic N) is 3. The Bertz CT molecular complexity index is 1190. The monoisotopic (exact) mass is 496 g/mol. The molecule has 0 saturated carbocycles. The summed E-state index contributed by atoms with van der Waals surface area (Å²) in [6.07, 6.45) is 1.59. The SMILES string of the molecule is O=S(=O)(c1ccc(-c2csc(NN=Cc3ccc(Cl)cc3Cl)n2)cc1)N1CCOCC1. The van der Waals surface area contributed by atoms with Crippen LogP contribution in [0.5, 0.6) is 0 Å². The van der Waals surface area contributed by atoms with Gasteiger partial charge in [-0.1, -0.05) is 41.4 Å². The predicted octanol–water partition coefficient (Wildman–Crippen LogP) is 4.58. The van der Waals surface area contributed by atoms with Crippen molar-refractivity contribution in [2.45, 2.75) is 4.90 Å². The Balaban J connectivity index is 1.43. The Morgan fingerprint density at radius 2 is 1.87 bits per heavy atom. The lowest BCUT2D eigenvalue weighted by Crippen LogP contribution is -2.40. The number of rotatable bonds is 6. The van der Waals surface area contributed by atoms with Crippen LogP contribution in [0.3, 0.4) is 0 Å². The molecule has 7 nitrogen and oxygen atoms in total. The zero-order valence-electron chi connectivity index (χ0n) is 16.2. The minimum Gasteiger partial charge on any atom is -0.379 e. The molecule has 0 amide bonds. The molecule has 0 bridgehead atoms. The molecule has 162 valence electrons. The minimum absolute atomic E-state index is 0.260. The van der Waals surface area contributed by atoms with Crippen LogP contribution in [0.25, 0.3) is 11.3 Å². The van der Waals surface area contributed by atoms with Crippen molar-refractivity contribution in [3.05, 3.63) is 63.5 Å². The van der Waals surface area contributed by atoms with Gasteiger partial charge in [-0.2, -0.15) is 9.41 Å². The number of ether oxygens (including phenoxy) is 1. The number of anilines is 1. The first kappa shape index (κ1) is 22.2. The first-order chi connectivity index (χ1) is 14.9. The van der Waals surface area contributed by atoms with Crippen molar-refractivity contribution in [3.8, 4) is 11.3 Å². The molecule has 0 atom stereocenters. The highest BCUT2D eigenvalue weighted by Gasteiger charge is 2.26. The number of halogens is 2. The molecule has 1 aromatic heterocycles. The van der Waals surface area contributed by atoms with Gasteiger partial charge in [-0.05, 0) is 24.3 Å². The van der Waals surface area contributed by atoms with E-state index in [1.165, 1.54) is 15.6 Å². The number of hydrogen-bond acceptors (Lipinski definition) is 7. The molecule has 1 aliphatic heterocycles. The molecule has 4 rings (SSSR count). The van der Waals surface area contributed by atoms with Gasteiger partial charge in [0.15, 0.2) is 0 Å². The second kappa shape index (κ2) is 9.64. The van der Waals surface area contributed by atoms with E-state index in [2.05, 4.69) is 15.5 Å². The molecule has 0 radical (unpaired) electrons. The molecule has 31 heavy (non-hydrogen) atoms. The van der Waals surface area contributed by atoms with Gasteiger partial charge in [0.2, 0.25) is 15.2 Å². The average molecular weight is 497 g/mol. The number of hydrazone groups is 1. The third kappa shape index (κ3) is 5.25. The maximum atomic E-state index is 12.7. The van der Waals surface area contributed by atoms with Crippen LogP contribution in [0, 0.1) is 0 Å². The topological polar surface area (TPSA) is 83.9 Å². The zero-order chi connectivity index (χ0) is 21.8. The van der Waals surface area contributed by atoms with Crippen LogP contribution >= 0.6 is 34.5 Å². The number of sulfonamides is 1. The summed E-state index contributed by atoms with van der Waals surface area (Å²) in [5.74, 6) is 0. The Morgan fingerprint density at radius 1 is 1.13 bits per heavy atom. The quantitative estimate of drug-likeness (QED) is 0.398. The van der Waals surface area contributed by atoms with E-state index in [1.807, 2.05) is 5.38 Å². The standard InChI is InChI=1S/C20H18Cl2N4O3S2/c21-16-4-1-15(18(22)11-16)12-23-25-20-24-19(13-30-20)14-2-5-17(6-3-14)31(27,28)26-7-9-29-10-8-26/h1-6,11-13H,7-10H2,(H,24,25). The second-order valence-electron chi connectivity index (χ2n) is 6.61. The maximum absolute atomic E-state index is 12.7. The van der Waals surface area contributed by atoms with E-state index in [-0.39, 0.29) is 4.90 Å². The lowest BCUT2D eigenvalue weighted by atomic mass is 10.2. The van der Waals surface area contributed by atoms with E-state index in [1.54, 1.807) is 48.7 Å². The van der Waals surface area contributed by atoms with Crippen molar-refractivity contribution in [1.29, 1.82) is 0 Å². The number of benzene rings is 2. The summed E-state index contributed by atoms with van der Waals surface area (Å²) < 4.78 is 32.1. The molecule has 2 heterocycles. The van der Waals surface area contributed by atoms with Crippen LogP contribution in [-0.2, 0) is 14.8 Å². The highest BCUT2D eigenvalue weighted by molar-refractivity contribution is 7.89. The summed E-state index contributed by atoms with van der Waals surface area (Å²) >= 11 is 13.4. The molecule has 0 spiro atoms. The molecule has 1 aliphatic rings. The number of hydrogen-bond donors (Lipinski definition) is 1. The maximum Gasteiger partial charge on any atom is 0.243 e. The molecular formula is C20H18Cl2N4O3S2. The van der Waals surface area contributed by atoms with Crippen molar-refractivity contribution in [2.75, 3.05) is 31.7 Å². The number of aromatic nitrogens is 1. The van der Waals surface area contributed by atoms with Crippen LogP contribution in [-0.4, -0.2) is 50.2 Å². The number of morpholine rings is 1.